The lowest BCUT2D eigenvalue weighted by molar-refractivity contribution is -0.277. The van der Waals surface area contributed by atoms with Crippen molar-refractivity contribution in [3.8, 4) is 0 Å². The maximum atomic E-state index is 13.1. The van der Waals surface area contributed by atoms with Crippen LogP contribution in [0.5, 0.6) is 0 Å². The summed E-state index contributed by atoms with van der Waals surface area (Å²) in [6.45, 7) is 6.34. The van der Waals surface area contributed by atoms with E-state index in [1.54, 1.807) is 0 Å². The lowest BCUT2D eigenvalue weighted by Gasteiger charge is -2.56. The number of carbonyl (C=O) groups is 1. The third-order valence-corrected chi connectivity index (χ3v) is 10.5. The van der Waals surface area contributed by atoms with Crippen molar-refractivity contribution in [1.82, 2.24) is 10.2 Å². The number of aliphatic hydroxyl groups is 1. The van der Waals surface area contributed by atoms with Gasteiger partial charge in [0.2, 0.25) is 0 Å². The first kappa shape index (κ1) is 28.3. The number of carbonyl (C=O) groups excluding carboxylic acids is 1. The van der Waals surface area contributed by atoms with E-state index in [4.69, 9.17) is 14.2 Å². The minimum atomic E-state index is -0.523. The summed E-state index contributed by atoms with van der Waals surface area (Å²) in [6.07, 6.45) is 6.79. The quantitative estimate of drug-likeness (QED) is 0.410. The smallest absolute Gasteiger partial charge is 0.319 e. The average molecular weight is 576 g/mol. The summed E-state index contributed by atoms with van der Waals surface area (Å²) >= 11 is 0. The Labute approximate surface area is 249 Å². The van der Waals surface area contributed by atoms with Crippen LogP contribution in [0.4, 0.5) is 10.5 Å². The number of benzene rings is 2. The number of urea groups is 1. The molecular formula is C34H45N3O5. The SMILES string of the molecule is CC1C(CN2CCOCC2)OC(c2ccc(NC(=O)NC34CC5CC(CC(C5)C3)C4)cc2)OC1c1ccc(CO)cc1. The third kappa shape index (κ3) is 5.97. The van der Waals surface area contributed by atoms with Gasteiger partial charge < -0.3 is 30.0 Å². The van der Waals surface area contributed by atoms with Crippen LogP contribution >= 0.6 is 0 Å². The van der Waals surface area contributed by atoms with E-state index in [9.17, 15) is 9.90 Å². The molecule has 8 heteroatoms. The van der Waals surface area contributed by atoms with Gasteiger partial charge in [-0.25, -0.2) is 4.79 Å². The zero-order valence-electron chi connectivity index (χ0n) is 24.7. The Kier molecular flexibility index (Phi) is 8.01. The molecule has 8 nitrogen and oxygen atoms in total. The topological polar surface area (TPSA) is 92.3 Å². The number of morpholine rings is 1. The van der Waals surface area contributed by atoms with Crippen molar-refractivity contribution in [2.45, 2.75) is 76.1 Å². The van der Waals surface area contributed by atoms with E-state index in [2.05, 4.69) is 34.6 Å². The molecule has 2 amide bonds. The van der Waals surface area contributed by atoms with Gasteiger partial charge in [0.15, 0.2) is 6.29 Å². The number of amides is 2. The molecule has 8 rings (SSSR count). The minimum absolute atomic E-state index is 0.0148. The fourth-order valence-electron chi connectivity index (χ4n) is 8.76. The van der Waals surface area contributed by atoms with E-state index in [0.29, 0.717) is 0 Å². The summed E-state index contributed by atoms with van der Waals surface area (Å²) in [5.74, 6) is 2.51. The predicted octanol–water partition coefficient (Wildman–Crippen LogP) is 5.39. The largest absolute Gasteiger partial charge is 0.392 e. The van der Waals surface area contributed by atoms with E-state index >= 15 is 0 Å². The average Bonchev–Trinajstić information content (AvgIpc) is 2.98. The maximum absolute atomic E-state index is 13.1. The number of hydrogen-bond donors (Lipinski definition) is 3. The van der Waals surface area contributed by atoms with E-state index in [0.717, 1.165) is 92.2 Å². The molecule has 6 fully saturated rings. The van der Waals surface area contributed by atoms with Crippen LogP contribution in [0.2, 0.25) is 0 Å². The van der Waals surface area contributed by atoms with E-state index < -0.39 is 6.29 Å². The standard InChI is InChI=1S/C34H45N3O5/c1-22-30(20-37-10-12-40-13-11-37)41-32(42-31(22)27-4-2-23(21-38)3-5-27)28-6-8-29(9-7-28)35-33(39)36-34-17-24-14-25(18-34)16-26(15-24)19-34/h2-9,22,24-26,30-32,38H,10-21H2,1H3,(H2,35,36,39). The van der Waals surface area contributed by atoms with Gasteiger partial charge in [-0.15, -0.1) is 0 Å². The number of nitrogens with one attached hydrogen (secondary N) is 2. The number of rotatable bonds is 7. The van der Waals surface area contributed by atoms with Crippen LogP contribution in [0.3, 0.4) is 0 Å². The van der Waals surface area contributed by atoms with Gasteiger partial charge in [-0.3, -0.25) is 4.90 Å². The Morgan fingerprint density at radius 2 is 1.52 bits per heavy atom. The summed E-state index contributed by atoms with van der Waals surface area (Å²) in [6, 6.07) is 15.8. The lowest BCUT2D eigenvalue weighted by Crippen LogP contribution is -2.60. The van der Waals surface area contributed by atoms with Crippen molar-refractivity contribution < 1.29 is 24.1 Å². The Morgan fingerprint density at radius 3 is 2.14 bits per heavy atom. The monoisotopic (exact) mass is 575 g/mol. The summed E-state index contributed by atoms with van der Waals surface area (Å²) in [4.78, 5) is 15.5. The van der Waals surface area contributed by atoms with Gasteiger partial charge in [-0.1, -0.05) is 43.3 Å². The van der Waals surface area contributed by atoms with Crippen molar-refractivity contribution in [2.24, 2.45) is 23.7 Å². The third-order valence-electron chi connectivity index (χ3n) is 10.5. The highest BCUT2D eigenvalue weighted by atomic mass is 16.7. The zero-order valence-corrected chi connectivity index (χ0v) is 24.7. The summed E-state index contributed by atoms with van der Waals surface area (Å²) in [7, 11) is 0. The molecule has 2 heterocycles. The molecule has 3 N–H and O–H groups in total. The van der Waals surface area contributed by atoms with Gasteiger partial charge in [0, 0.05) is 42.3 Å². The number of anilines is 1. The Balaban J connectivity index is 1.04. The summed E-state index contributed by atoms with van der Waals surface area (Å²) < 4.78 is 18.8. The Morgan fingerprint density at radius 1 is 0.905 bits per heavy atom. The molecule has 0 spiro atoms. The van der Waals surface area contributed by atoms with Crippen LogP contribution in [0.25, 0.3) is 0 Å². The van der Waals surface area contributed by atoms with Crippen LogP contribution < -0.4 is 10.6 Å². The normalized spacial score (nSPS) is 36.1. The van der Waals surface area contributed by atoms with E-state index in [1.165, 1.54) is 19.3 Å². The molecule has 2 aliphatic heterocycles. The molecule has 2 aromatic rings. The number of nitrogens with zero attached hydrogens (tertiary/aromatic N) is 1. The first-order valence-electron chi connectivity index (χ1n) is 15.9. The van der Waals surface area contributed by atoms with Gasteiger partial charge in [0.05, 0.1) is 32.0 Å². The van der Waals surface area contributed by atoms with Crippen molar-refractivity contribution in [1.29, 1.82) is 0 Å². The molecular weight excluding hydrogens is 530 g/mol. The fraction of sp³-hybridized carbons (Fsp3) is 0.618. The molecule has 42 heavy (non-hydrogen) atoms. The molecule has 4 saturated carbocycles. The van der Waals surface area contributed by atoms with Crippen LogP contribution in [0.15, 0.2) is 48.5 Å². The highest BCUT2D eigenvalue weighted by Crippen LogP contribution is 2.55. The van der Waals surface area contributed by atoms with E-state index in [-0.39, 0.29) is 36.3 Å². The summed E-state index contributed by atoms with van der Waals surface area (Å²) in [5.41, 5.74) is 3.65. The van der Waals surface area contributed by atoms with Crippen molar-refractivity contribution in [2.75, 3.05) is 38.2 Å². The molecule has 4 atom stereocenters. The predicted molar refractivity (Wildman–Crippen MR) is 160 cm³/mol. The second-order valence-electron chi connectivity index (χ2n) is 13.6. The Hall–Kier alpha value is -2.49. The number of hydrogen-bond acceptors (Lipinski definition) is 6. The number of aliphatic hydroxyl groups excluding tert-OH is 1. The van der Waals surface area contributed by atoms with Crippen molar-refractivity contribution >= 4 is 11.7 Å². The lowest BCUT2D eigenvalue weighted by atomic mass is 9.53. The van der Waals surface area contributed by atoms with E-state index in [1.807, 2.05) is 36.4 Å². The van der Waals surface area contributed by atoms with Crippen LogP contribution in [-0.2, 0) is 20.8 Å². The molecule has 226 valence electrons. The van der Waals surface area contributed by atoms with Crippen LogP contribution in [0.1, 0.15) is 74.5 Å². The molecule has 0 radical (unpaired) electrons. The second kappa shape index (κ2) is 11.9. The molecule has 4 aliphatic carbocycles. The highest BCUT2D eigenvalue weighted by Gasteiger charge is 2.51. The highest BCUT2D eigenvalue weighted by molar-refractivity contribution is 5.89. The molecule has 2 aromatic carbocycles. The van der Waals surface area contributed by atoms with Gasteiger partial charge in [0.1, 0.15) is 0 Å². The first-order valence-corrected chi connectivity index (χ1v) is 15.9. The maximum Gasteiger partial charge on any atom is 0.319 e. The molecule has 4 unspecified atom stereocenters. The van der Waals surface area contributed by atoms with Gasteiger partial charge in [-0.05, 0) is 79.5 Å². The Bertz CT molecular complexity index is 1190. The van der Waals surface area contributed by atoms with Gasteiger partial charge in [0.25, 0.3) is 0 Å². The van der Waals surface area contributed by atoms with Crippen molar-refractivity contribution in [3.05, 3.63) is 65.2 Å². The molecule has 6 aliphatic rings. The van der Waals surface area contributed by atoms with Crippen molar-refractivity contribution in [3.63, 3.8) is 0 Å². The van der Waals surface area contributed by atoms with Gasteiger partial charge >= 0.3 is 6.03 Å². The first-order chi connectivity index (χ1) is 20.4. The molecule has 0 aromatic heterocycles. The van der Waals surface area contributed by atoms with Gasteiger partial charge in [-0.2, -0.15) is 0 Å². The van der Waals surface area contributed by atoms with Crippen LogP contribution in [0, 0.1) is 23.7 Å². The zero-order chi connectivity index (χ0) is 28.7. The van der Waals surface area contributed by atoms with Crippen LogP contribution in [-0.4, -0.2) is 60.5 Å². The molecule has 4 bridgehead atoms. The summed E-state index contributed by atoms with van der Waals surface area (Å²) in [5, 5.41) is 16.0. The second-order valence-corrected chi connectivity index (χ2v) is 13.6. The molecule has 2 saturated heterocycles. The number of ether oxygens (including phenoxy) is 3. The minimum Gasteiger partial charge on any atom is -0.392 e. The fourth-order valence-corrected chi connectivity index (χ4v) is 8.76.